The van der Waals surface area contributed by atoms with Gasteiger partial charge in [0.1, 0.15) is 0 Å². The number of nitrogens with one attached hydrogen (secondary N) is 2. The number of carbonyl (C=O) groups is 2. The number of benzene rings is 3. The summed E-state index contributed by atoms with van der Waals surface area (Å²) in [5, 5.41) is 10.8. The third kappa shape index (κ3) is 4.00. The number of rotatable bonds is 5. The van der Waals surface area contributed by atoms with Crippen LogP contribution in [0.4, 0.5) is 0 Å². The Balaban J connectivity index is 1.57. The Morgan fingerprint density at radius 3 is 2.16 bits per heavy atom. The second-order valence-electron chi connectivity index (χ2n) is 5.42. The van der Waals surface area contributed by atoms with Gasteiger partial charge in [-0.3, -0.25) is 19.6 Å². The average Bonchev–Trinajstić information content (AvgIpc) is 2.67. The van der Waals surface area contributed by atoms with E-state index in [4.69, 9.17) is 10.0 Å². The summed E-state index contributed by atoms with van der Waals surface area (Å²) in [6.07, 6.45) is 0. The molecule has 0 saturated carbocycles. The summed E-state index contributed by atoms with van der Waals surface area (Å²) < 4.78 is 0. The van der Waals surface area contributed by atoms with E-state index in [2.05, 4.69) is 5.48 Å². The molecular formula is C19H16N2O4. The van der Waals surface area contributed by atoms with Crippen molar-refractivity contribution in [1.29, 1.82) is 0 Å². The minimum absolute atomic E-state index is 0.238. The molecule has 126 valence electrons. The monoisotopic (exact) mass is 336 g/mol. The first-order valence-electron chi connectivity index (χ1n) is 7.61. The van der Waals surface area contributed by atoms with Crippen molar-refractivity contribution in [2.24, 2.45) is 0 Å². The molecule has 0 unspecified atom stereocenters. The van der Waals surface area contributed by atoms with Crippen LogP contribution in [0.15, 0.2) is 66.7 Å². The van der Waals surface area contributed by atoms with E-state index in [0.29, 0.717) is 5.56 Å². The first-order chi connectivity index (χ1) is 12.2. The third-order valence-electron chi connectivity index (χ3n) is 3.73. The number of carbonyl (C=O) groups excluding carboxylic acids is 2. The minimum atomic E-state index is -0.639. The Hall–Kier alpha value is -3.22. The molecule has 0 saturated heterocycles. The van der Waals surface area contributed by atoms with Gasteiger partial charge >= 0.3 is 0 Å². The lowest BCUT2D eigenvalue weighted by atomic mass is 10.1. The number of hydrogen-bond acceptors (Lipinski definition) is 4. The van der Waals surface area contributed by atoms with E-state index < -0.39 is 11.8 Å². The van der Waals surface area contributed by atoms with Crippen molar-refractivity contribution in [3.05, 3.63) is 83.4 Å². The maximum Gasteiger partial charge on any atom is 0.274 e. The third-order valence-corrected chi connectivity index (χ3v) is 3.73. The summed E-state index contributed by atoms with van der Waals surface area (Å²) in [7, 11) is 0. The minimum Gasteiger partial charge on any atom is -0.288 e. The van der Waals surface area contributed by atoms with Crippen molar-refractivity contribution in [1.82, 2.24) is 11.0 Å². The van der Waals surface area contributed by atoms with Gasteiger partial charge < -0.3 is 0 Å². The van der Waals surface area contributed by atoms with E-state index in [1.165, 1.54) is 29.7 Å². The molecule has 0 atom stereocenters. The summed E-state index contributed by atoms with van der Waals surface area (Å²) in [6, 6.07) is 19.8. The highest BCUT2D eigenvalue weighted by Gasteiger charge is 2.08. The summed E-state index contributed by atoms with van der Waals surface area (Å²) in [5.74, 6) is -1.06. The molecule has 0 fully saturated rings. The molecule has 0 heterocycles. The van der Waals surface area contributed by atoms with Crippen molar-refractivity contribution < 1.29 is 19.6 Å². The van der Waals surface area contributed by atoms with E-state index in [1.807, 2.05) is 42.5 Å². The Bertz CT molecular complexity index is 907. The fourth-order valence-electron chi connectivity index (χ4n) is 2.41. The van der Waals surface area contributed by atoms with Crippen LogP contribution in [0.3, 0.4) is 0 Å². The van der Waals surface area contributed by atoms with Crippen molar-refractivity contribution in [2.75, 3.05) is 0 Å². The molecule has 2 amide bonds. The SMILES string of the molecule is O=C(NO)c1ccc(C(=O)NOCc2ccc3ccccc3c2)cc1. The molecule has 0 aromatic heterocycles. The molecule has 3 aromatic rings. The van der Waals surface area contributed by atoms with Crippen molar-refractivity contribution >= 4 is 22.6 Å². The van der Waals surface area contributed by atoms with Gasteiger partial charge in [0.25, 0.3) is 11.8 Å². The van der Waals surface area contributed by atoms with Crippen LogP contribution in [0, 0.1) is 0 Å². The van der Waals surface area contributed by atoms with E-state index in [0.717, 1.165) is 16.3 Å². The van der Waals surface area contributed by atoms with E-state index in [1.54, 1.807) is 0 Å². The highest BCUT2D eigenvalue weighted by Crippen LogP contribution is 2.16. The lowest BCUT2D eigenvalue weighted by Crippen LogP contribution is -2.24. The standard InChI is InChI=1S/C19H16N2O4/c22-18(20-24)15-7-9-16(10-8-15)19(23)21-25-12-13-5-6-14-3-1-2-4-17(14)11-13/h1-11,24H,12H2,(H,20,22)(H,21,23). The molecule has 6 heteroatoms. The first-order valence-corrected chi connectivity index (χ1v) is 7.61. The van der Waals surface area contributed by atoms with Crippen LogP contribution in [-0.2, 0) is 11.4 Å². The van der Waals surface area contributed by atoms with Gasteiger partial charge in [0.15, 0.2) is 0 Å². The summed E-state index contributed by atoms with van der Waals surface area (Å²) >= 11 is 0. The van der Waals surface area contributed by atoms with Gasteiger partial charge in [-0.25, -0.2) is 11.0 Å². The van der Waals surface area contributed by atoms with Crippen LogP contribution >= 0.6 is 0 Å². The van der Waals surface area contributed by atoms with Crippen LogP contribution in [0.25, 0.3) is 10.8 Å². The second-order valence-corrected chi connectivity index (χ2v) is 5.42. The van der Waals surface area contributed by atoms with Crippen LogP contribution in [-0.4, -0.2) is 17.0 Å². The van der Waals surface area contributed by atoms with Crippen LogP contribution in [0.2, 0.25) is 0 Å². The maximum absolute atomic E-state index is 12.0. The van der Waals surface area contributed by atoms with Crippen molar-refractivity contribution in [2.45, 2.75) is 6.61 Å². The Labute approximate surface area is 144 Å². The van der Waals surface area contributed by atoms with Gasteiger partial charge in [-0.2, -0.15) is 0 Å². The molecule has 6 nitrogen and oxygen atoms in total. The molecule has 0 aliphatic rings. The van der Waals surface area contributed by atoms with Crippen LogP contribution in [0.5, 0.6) is 0 Å². The molecular weight excluding hydrogens is 320 g/mol. The molecule has 0 aliphatic heterocycles. The highest BCUT2D eigenvalue weighted by atomic mass is 16.6. The van der Waals surface area contributed by atoms with Crippen LogP contribution in [0.1, 0.15) is 26.3 Å². The smallest absolute Gasteiger partial charge is 0.274 e. The van der Waals surface area contributed by atoms with Gasteiger partial charge in [0.05, 0.1) is 6.61 Å². The summed E-state index contributed by atoms with van der Waals surface area (Å²) in [4.78, 5) is 28.5. The Morgan fingerprint density at radius 1 is 0.840 bits per heavy atom. The summed E-state index contributed by atoms with van der Waals surface area (Å²) in [6.45, 7) is 0.238. The molecule has 0 radical (unpaired) electrons. The van der Waals surface area contributed by atoms with Gasteiger partial charge in [0, 0.05) is 11.1 Å². The lowest BCUT2D eigenvalue weighted by Gasteiger charge is -2.07. The normalized spacial score (nSPS) is 10.4. The molecule has 25 heavy (non-hydrogen) atoms. The predicted molar refractivity (Wildman–Crippen MR) is 91.9 cm³/mol. The first kappa shape index (κ1) is 16.6. The lowest BCUT2D eigenvalue weighted by molar-refractivity contribution is 0.0234. The Kier molecular flexibility index (Phi) is 5.03. The molecule has 0 bridgehead atoms. The number of fused-ring (bicyclic) bond motifs is 1. The molecule has 3 N–H and O–H groups in total. The zero-order valence-corrected chi connectivity index (χ0v) is 13.2. The second kappa shape index (κ2) is 7.57. The van der Waals surface area contributed by atoms with Crippen LogP contribution < -0.4 is 11.0 Å². The zero-order valence-electron chi connectivity index (χ0n) is 13.2. The van der Waals surface area contributed by atoms with Gasteiger partial charge in [-0.1, -0.05) is 36.4 Å². The average molecular weight is 336 g/mol. The Morgan fingerprint density at radius 2 is 1.48 bits per heavy atom. The van der Waals surface area contributed by atoms with Gasteiger partial charge in [-0.05, 0) is 46.7 Å². The van der Waals surface area contributed by atoms with E-state index >= 15 is 0 Å². The topological polar surface area (TPSA) is 87.7 Å². The van der Waals surface area contributed by atoms with E-state index in [9.17, 15) is 9.59 Å². The fraction of sp³-hybridized carbons (Fsp3) is 0.0526. The molecule has 0 spiro atoms. The highest BCUT2D eigenvalue weighted by molar-refractivity contribution is 5.97. The molecule has 0 aliphatic carbocycles. The zero-order chi connectivity index (χ0) is 17.6. The van der Waals surface area contributed by atoms with Crippen molar-refractivity contribution in [3.8, 4) is 0 Å². The quantitative estimate of drug-likeness (QED) is 0.494. The maximum atomic E-state index is 12.0. The fourth-order valence-corrected chi connectivity index (χ4v) is 2.41. The largest absolute Gasteiger partial charge is 0.288 e. The predicted octanol–water partition coefficient (Wildman–Crippen LogP) is 2.82. The number of hydroxylamine groups is 2. The van der Waals surface area contributed by atoms with Gasteiger partial charge in [0.2, 0.25) is 0 Å². The molecule has 3 aromatic carbocycles. The number of hydrogen-bond donors (Lipinski definition) is 3. The summed E-state index contributed by atoms with van der Waals surface area (Å²) in [5.41, 5.74) is 5.43. The van der Waals surface area contributed by atoms with Crippen molar-refractivity contribution in [3.63, 3.8) is 0 Å². The number of amides is 2. The van der Waals surface area contributed by atoms with Gasteiger partial charge in [-0.15, -0.1) is 0 Å². The molecule has 3 rings (SSSR count). The van der Waals surface area contributed by atoms with E-state index in [-0.39, 0.29) is 12.2 Å².